The number of carbonyl (C=O) groups excluding carboxylic acids is 6. The third-order valence-electron chi connectivity index (χ3n) is 11.5. The van der Waals surface area contributed by atoms with Gasteiger partial charge in [-0.3, -0.25) is 14.4 Å². The number of hydrogen-bond donors (Lipinski definition) is 4. The van der Waals surface area contributed by atoms with Crippen molar-refractivity contribution in [2.45, 2.75) is 156 Å². The highest BCUT2D eigenvalue weighted by Crippen LogP contribution is 2.31. The molecular formula is C57H78N4O13. The van der Waals surface area contributed by atoms with Gasteiger partial charge in [-0.05, 0) is 134 Å². The SMILES string of the molecule is CC(C)(C)OC(=O)CC(NC(=O)NC(CCCCNC(=O)C(Cc1ccc2ccccc2c1)NC(=O)COCC1(COCc2ccc3ccccc3c2)COC(C)(C)OC1)C(=O)OC(C)(C)C)C(=O)OC(C)(C)C. The number of hydrogen-bond acceptors (Lipinski definition) is 13. The Morgan fingerprint density at radius 3 is 1.69 bits per heavy atom. The summed E-state index contributed by atoms with van der Waals surface area (Å²) < 4.78 is 40.9. The first-order valence-corrected chi connectivity index (χ1v) is 25.4. The third kappa shape index (κ3) is 20.3. The fourth-order valence-electron chi connectivity index (χ4n) is 7.97. The highest BCUT2D eigenvalue weighted by atomic mass is 16.7. The molecule has 4 N–H and O–H groups in total. The van der Waals surface area contributed by atoms with Crippen LogP contribution in [0.3, 0.4) is 0 Å². The molecule has 3 unspecified atom stereocenters. The maximum absolute atomic E-state index is 14.0. The number of benzene rings is 4. The van der Waals surface area contributed by atoms with Crippen LogP contribution in [-0.4, -0.2) is 116 Å². The fraction of sp³-hybridized carbons (Fsp3) is 0.544. The molecule has 74 heavy (non-hydrogen) atoms. The van der Waals surface area contributed by atoms with Crippen molar-refractivity contribution >= 4 is 57.3 Å². The quantitative estimate of drug-likeness (QED) is 0.0318. The monoisotopic (exact) mass is 1030 g/mol. The van der Waals surface area contributed by atoms with E-state index >= 15 is 0 Å². The molecule has 4 aromatic carbocycles. The van der Waals surface area contributed by atoms with Crippen molar-refractivity contribution in [1.82, 2.24) is 21.3 Å². The number of urea groups is 1. The second-order valence-corrected chi connectivity index (χ2v) is 22.5. The molecule has 3 atom stereocenters. The third-order valence-corrected chi connectivity index (χ3v) is 11.5. The topological polar surface area (TPSA) is 215 Å². The Balaban J connectivity index is 1.20. The van der Waals surface area contributed by atoms with Crippen molar-refractivity contribution in [3.63, 3.8) is 0 Å². The van der Waals surface area contributed by atoms with Gasteiger partial charge in [-0.15, -0.1) is 0 Å². The summed E-state index contributed by atoms with van der Waals surface area (Å²) in [6, 6.07) is 23.6. The van der Waals surface area contributed by atoms with E-state index in [1.807, 2.05) is 74.5 Å². The van der Waals surface area contributed by atoms with E-state index in [1.54, 1.807) is 62.3 Å². The number of nitrogens with one attached hydrogen (secondary N) is 4. The van der Waals surface area contributed by atoms with E-state index in [1.165, 1.54) is 0 Å². The van der Waals surface area contributed by atoms with Gasteiger partial charge < -0.3 is 54.4 Å². The molecule has 1 saturated heterocycles. The van der Waals surface area contributed by atoms with Gasteiger partial charge >= 0.3 is 23.9 Å². The second kappa shape index (κ2) is 25.9. The van der Waals surface area contributed by atoms with Crippen molar-refractivity contribution in [1.29, 1.82) is 0 Å². The van der Waals surface area contributed by atoms with Gasteiger partial charge in [0, 0.05) is 13.0 Å². The number of carbonyl (C=O) groups is 6. The molecule has 4 amide bonds. The molecule has 0 saturated carbocycles. The van der Waals surface area contributed by atoms with Crippen LogP contribution in [0.5, 0.6) is 0 Å². The van der Waals surface area contributed by atoms with Gasteiger partial charge in [0.05, 0.1) is 44.9 Å². The molecule has 1 heterocycles. The highest BCUT2D eigenvalue weighted by Gasteiger charge is 2.41. The number of fused-ring (bicyclic) bond motifs is 2. The van der Waals surface area contributed by atoms with Gasteiger partial charge in [-0.25, -0.2) is 14.4 Å². The molecule has 404 valence electrons. The van der Waals surface area contributed by atoms with Crippen LogP contribution < -0.4 is 21.3 Å². The van der Waals surface area contributed by atoms with Crippen molar-refractivity contribution in [3.05, 3.63) is 96.1 Å². The fourth-order valence-corrected chi connectivity index (χ4v) is 7.97. The van der Waals surface area contributed by atoms with E-state index in [4.69, 9.17) is 33.2 Å². The van der Waals surface area contributed by atoms with E-state index in [2.05, 4.69) is 45.5 Å². The van der Waals surface area contributed by atoms with Gasteiger partial charge in [0.25, 0.3) is 0 Å². The number of ether oxygens (including phenoxy) is 7. The zero-order valence-electron chi connectivity index (χ0n) is 45.1. The van der Waals surface area contributed by atoms with Gasteiger partial charge in [-0.2, -0.15) is 0 Å². The largest absolute Gasteiger partial charge is 0.460 e. The normalized spacial score (nSPS) is 15.8. The van der Waals surface area contributed by atoms with Crippen molar-refractivity contribution < 1.29 is 61.9 Å². The molecule has 4 aromatic rings. The van der Waals surface area contributed by atoms with Gasteiger partial charge in [0.2, 0.25) is 11.8 Å². The Kier molecular flexibility index (Phi) is 20.5. The Morgan fingerprint density at radius 2 is 1.11 bits per heavy atom. The van der Waals surface area contributed by atoms with Crippen LogP contribution in [0.15, 0.2) is 84.9 Å². The first-order chi connectivity index (χ1) is 34.7. The molecule has 0 radical (unpaired) electrons. The lowest BCUT2D eigenvalue weighted by atomic mass is 9.91. The molecule has 1 aliphatic heterocycles. The van der Waals surface area contributed by atoms with E-state index < -0.39 is 88.3 Å². The van der Waals surface area contributed by atoms with E-state index in [9.17, 15) is 28.8 Å². The lowest BCUT2D eigenvalue weighted by molar-refractivity contribution is -0.299. The summed E-state index contributed by atoms with van der Waals surface area (Å²) in [7, 11) is 0. The van der Waals surface area contributed by atoms with Crippen LogP contribution in [0.1, 0.15) is 113 Å². The summed E-state index contributed by atoms with van der Waals surface area (Å²) in [6.45, 7) is 19.8. The summed E-state index contributed by atoms with van der Waals surface area (Å²) in [4.78, 5) is 80.4. The Morgan fingerprint density at radius 1 is 0.595 bits per heavy atom. The van der Waals surface area contributed by atoms with Crippen molar-refractivity contribution in [3.8, 4) is 0 Å². The van der Waals surface area contributed by atoms with Crippen LogP contribution in [0.2, 0.25) is 0 Å². The van der Waals surface area contributed by atoms with Crippen LogP contribution >= 0.6 is 0 Å². The first-order valence-electron chi connectivity index (χ1n) is 25.4. The molecule has 0 spiro atoms. The average molecular weight is 1030 g/mol. The Labute approximate surface area is 435 Å². The van der Waals surface area contributed by atoms with Crippen LogP contribution in [0.25, 0.3) is 21.5 Å². The number of unbranched alkanes of at least 4 members (excludes halogenated alkanes) is 1. The molecule has 0 aromatic heterocycles. The average Bonchev–Trinajstić information content (AvgIpc) is 3.29. The maximum atomic E-state index is 14.0. The van der Waals surface area contributed by atoms with Crippen LogP contribution in [0.4, 0.5) is 4.79 Å². The van der Waals surface area contributed by atoms with E-state index in [-0.39, 0.29) is 52.4 Å². The zero-order chi connectivity index (χ0) is 54.3. The van der Waals surface area contributed by atoms with Gasteiger partial charge in [0.15, 0.2) is 5.79 Å². The predicted molar refractivity (Wildman–Crippen MR) is 281 cm³/mol. The van der Waals surface area contributed by atoms with E-state index in [0.717, 1.165) is 32.7 Å². The summed E-state index contributed by atoms with van der Waals surface area (Å²) in [5, 5.41) is 15.2. The van der Waals surface area contributed by atoms with Gasteiger partial charge in [0.1, 0.15) is 41.5 Å². The smallest absolute Gasteiger partial charge is 0.329 e. The Hall–Kier alpha value is -6.14. The van der Waals surface area contributed by atoms with Crippen molar-refractivity contribution in [2.24, 2.45) is 5.41 Å². The number of amides is 4. The molecule has 0 bridgehead atoms. The molecule has 1 aliphatic rings. The number of esters is 3. The standard InChI is InChI=1S/C57H78N4O13/c1-53(2,3)72-48(63)31-46(51(66)74-55(7,8)9)61-52(67)60-44(50(65)73-54(4,5)6)22-16-17-27-58-49(64)45(30-38-23-25-40-18-12-14-20-42(40)28-38)59-47(62)33-69-35-57(36-70-56(10,11)71-37-57)34-68-32-39-24-26-41-19-13-15-21-43(41)29-39/h12-15,18-21,23-26,28-29,44-46H,16-17,22,27,30-37H2,1-11H3,(H,58,64)(H,59,62)(H2,60,61,67). The molecule has 17 nitrogen and oxygen atoms in total. The molecule has 5 rings (SSSR count). The highest BCUT2D eigenvalue weighted by molar-refractivity contribution is 5.90. The van der Waals surface area contributed by atoms with Crippen LogP contribution in [0, 0.1) is 5.41 Å². The molecule has 17 heteroatoms. The summed E-state index contributed by atoms with van der Waals surface area (Å²) in [5.41, 5.74) is -1.53. The lowest BCUT2D eigenvalue weighted by Gasteiger charge is -2.43. The van der Waals surface area contributed by atoms with Gasteiger partial charge in [-0.1, -0.05) is 78.9 Å². The number of rotatable bonds is 23. The minimum Gasteiger partial charge on any atom is -0.460 e. The minimum absolute atomic E-state index is 0.0902. The molecule has 1 fully saturated rings. The van der Waals surface area contributed by atoms with E-state index in [0.29, 0.717) is 19.4 Å². The summed E-state index contributed by atoms with van der Waals surface area (Å²) in [5.74, 6) is -4.04. The Bertz CT molecular complexity index is 2550. The van der Waals surface area contributed by atoms with Crippen LogP contribution in [-0.2, 0) is 70.2 Å². The second-order valence-electron chi connectivity index (χ2n) is 22.5. The lowest BCUT2D eigenvalue weighted by Crippen LogP contribution is -2.53. The zero-order valence-corrected chi connectivity index (χ0v) is 45.1. The maximum Gasteiger partial charge on any atom is 0.329 e. The first kappa shape index (κ1) is 58.7. The predicted octanol–water partition coefficient (Wildman–Crippen LogP) is 7.76. The summed E-state index contributed by atoms with van der Waals surface area (Å²) >= 11 is 0. The minimum atomic E-state index is -1.43. The summed E-state index contributed by atoms with van der Waals surface area (Å²) in [6.07, 6.45) is 0.480. The van der Waals surface area contributed by atoms with Crippen molar-refractivity contribution in [2.75, 3.05) is 39.6 Å². The molecule has 0 aliphatic carbocycles. The molecular weight excluding hydrogens is 949 g/mol.